The standard InChI is InChI=1S/C13H16N2O6S/c16-8-4-11(12(17)18)15(5-8)6-10(14-20)13(19)21-7-9-2-1-3-22-9/h1-3,8,10-11,16H,4-7H2,(H,17,18). The van der Waals surface area contributed by atoms with Crippen LogP contribution in [0.5, 0.6) is 0 Å². The van der Waals surface area contributed by atoms with Crippen LogP contribution >= 0.6 is 11.3 Å². The van der Waals surface area contributed by atoms with Crippen molar-refractivity contribution in [3.63, 3.8) is 0 Å². The van der Waals surface area contributed by atoms with Gasteiger partial charge in [-0.05, 0) is 11.4 Å². The molecule has 8 nitrogen and oxygen atoms in total. The zero-order valence-corrected chi connectivity index (χ0v) is 12.4. The van der Waals surface area contributed by atoms with Gasteiger partial charge in [0.15, 0.2) is 0 Å². The summed E-state index contributed by atoms with van der Waals surface area (Å²) in [7, 11) is 0. The van der Waals surface area contributed by atoms with Crippen LogP contribution in [0, 0.1) is 4.91 Å². The van der Waals surface area contributed by atoms with Crippen molar-refractivity contribution in [3.05, 3.63) is 27.3 Å². The maximum Gasteiger partial charge on any atom is 0.336 e. The third-order valence-electron chi connectivity index (χ3n) is 3.41. The Kier molecular flexibility index (Phi) is 5.58. The molecule has 0 radical (unpaired) electrons. The topological polar surface area (TPSA) is 117 Å². The molecule has 0 saturated carbocycles. The molecule has 2 N–H and O–H groups in total. The largest absolute Gasteiger partial charge is 0.480 e. The number of aliphatic hydroxyl groups is 1. The number of β-amino-alcohol motifs (C(OH)–C–C–N with tert-alkyl or cyclic N) is 1. The summed E-state index contributed by atoms with van der Waals surface area (Å²) in [6, 6.07) is 1.36. The Morgan fingerprint density at radius 3 is 2.91 bits per heavy atom. The number of esters is 1. The molecule has 0 amide bonds. The number of thiophene rings is 1. The summed E-state index contributed by atoms with van der Waals surface area (Å²) in [5.74, 6) is -1.90. The van der Waals surface area contributed by atoms with Gasteiger partial charge in [-0.15, -0.1) is 16.2 Å². The Hall–Kier alpha value is -1.84. The molecule has 0 aromatic carbocycles. The second-order valence-corrected chi connectivity index (χ2v) is 6.04. The van der Waals surface area contributed by atoms with Gasteiger partial charge in [0.2, 0.25) is 6.04 Å². The summed E-state index contributed by atoms with van der Waals surface area (Å²) >= 11 is 1.41. The lowest BCUT2D eigenvalue weighted by Crippen LogP contribution is -2.43. The molecule has 2 heterocycles. The van der Waals surface area contributed by atoms with Gasteiger partial charge in [-0.2, -0.15) is 0 Å². The number of carbonyl (C=O) groups excluding carboxylic acids is 1. The number of ether oxygens (including phenoxy) is 1. The molecule has 3 unspecified atom stereocenters. The number of carboxylic acid groups (broad SMARTS) is 1. The Labute approximate surface area is 130 Å². The number of aliphatic carboxylic acids is 1. The Balaban J connectivity index is 1.91. The van der Waals surface area contributed by atoms with Gasteiger partial charge < -0.3 is 14.9 Å². The third-order valence-corrected chi connectivity index (χ3v) is 4.26. The summed E-state index contributed by atoms with van der Waals surface area (Å²) in [6.45, 7) is -0.0461. The molecule has 0 bridgehead atoms. The van der Waals surface area contributed by atoms with Gasteiger partial charge in [-0.3, -0.25) is 9.69 Å². The molecule has 2 rings (SSSR count). The molecule has 0 spiro atoms. The summed E-state index contributed by atoms with van der Waals surface area (Å²) in [6.07, 6.45) is -0.735. The Morgan fingerprint density at radius 1 is 1.55 bits per heavy atom. The van der Waals surface area contributed by atoms with Gasteiger partial charge in [-0.25, -0.2) is 4.79 Å². The lowest BCUT2D eigenvalue weighted by Gasteiger charge is -2.22. The first kappa shape index (κ1) is 16.5. The van der Waals surface area contributed by atoms with E-state index in [-0.39, 0.29) is 26.1 Å². The zero-order chi connectivity index (χ0) is 16.1. The zero-order valence-electron chi connectivity index (χ0n) is 11.6. The van der Waals surface area contributed by atoms with E-state index >= 15 is 0 Å². The number of nitroso groups, excluding NO2 is 1. The van der Waals surface area contributed by atoms with E-state index in [1.807, 2.05) is 11.4 Å². The first-order chi connectivity index (χ1) is 10.5. The average molecular weight is 328 g/mol. The number of likely N-dealkylation sites (tertiary alicyclic amines) is 1. The van der Waals surface area contributed by atoms with Crippen LogP contribution in [0.1, 0.15) is 11.3 Å². The first-order valence-corrected chi connectivity index (χ1v) is 7.55. The van der Waals surface area contributed by atoms with E-state index in [0.717, 1.165) is 4.88 Å². The minimum atomic E-state index is -1.31. The highest BCUT2D eigenvalue weighted by molar-refractivity contribution is 7.09. The molecule has 1 aromatic rings. The Morgan fingerprint density at radius 2 is 2.32 bits per heavy atom. The van der Waals surface area contributed by atoms with Gasteiger partial charge in [0.25, 0.3) is 0 Å². The summed E-state index contributed by atoms with van der Waals surface area (Å²) in [5.41, 5.74) is 0. The molecular formula is C13H16N2O6S. The first-order valence-electron chi connectivity index (χ1n) is 6.67. The van der Waals surface area contributed by atoms with Crippen LogP contribution in [0.15, 0.2) is 22.7 Å². The lowest BCUT2D eigenvalue weighted by molar-refractivity contribution is -0.148. The molecule has 3 atom stereocenters. The normalized spacial score (nSPS) is 23.1. The van der Waals surface area contributed by atoms with E-state index in [4.69, 9.17) is 9.84 Å². The highest BCUT2D eigenvalue weighted by Gasteiger charge is 2.38. The molecule has 120 valence electrons. The van der Waals surface area contributed by atoms with Crippen molar-refractivity contribution >= 4 is 23.3 Å². The number of carbonyl (C=O) groups is 2. The van der Waals surface area contributed by atoms with E-state index < -0.39 is 30.1 Å². The number of rotatable bonds is 7. The van der Waals surface area contributed by atoms with Gasteiger partial charge in [0, 0.05) is 24.4 Å². The fourth-order valence-corrected chi connectivity index (χ4v) is 2.96. The van der Waals surface area contributed by atoms with Crippen molar-refractivity contribution in [2.75, 3.05) is 13.1 Å². The van der Waals surface area contributed by atoms with Gasteiger partial charge in [-0.1, -0.05) is 11.2 Å². The summed E-state index contributed by atoms with van der Waals surface area (Å²) in [5, 5.41) is 23.2. The molecular weight excluding hydrogens is 312 g/mol. The number of aliphatic hydroxyl groups excluding tert-OH is 1. The smallest absolute Gasteiger partial charge is 0.336 e. The Bertz CT molecular complexity index is 535. The van der Waals surface area contributed by atoms with E-state index in [1.165, 1.54) is 16.2 Å². The minimum Gasteiger partial charge on any atom is -0.480 e. The number of hydrogen-bond donors (Lipinski definition) is 2. The molecule has 0 aliphatic carbocycles. The van der Waals surface area contributed by atoms with Crippen molar-refractivity contribution < 1.29 is 24.5 Å². The number of nitrogens with zero attached hydrogens (tertiary/aromatic N) is 2. The summed E-state index contributed by atoms with van der Waals surface area (Å²) in [4.78, 5) is 36.0. The van der Waals surface area contributed by atoms with Gasteiger partial charge >= 0.3 is 11.9 Å². The van der Waals surface area contributed by atoms with Crippen LogP contribution in [-0.4, -0.2) is 58.3 Å². The molecule has 1 aromatic heterocycles. The SMILES string of the molecule is O=NC(CN1CC(O)CC1C(=O)O)C(=O)OCc1cccs1. The number of carboxylic acids is 1. The fraction of sp³-hybridized carbons (Fsp3) is 0.538. The van der Waals surface area contributed by atoms with Gasteiger partial charge in [0.1, 0.15) is 12.6 Å². The van der Waals surface area contributed by atoms with Crippen LogP contribution in [0.25, 0.3) is 0 Å². The second kappa shape index (κ2) is 7.43. The molecule has 1 saturated heterocycles. The highest BCUT2D eigenvalue weighted by atomic mass is 32.1. The van der Waals surface area contributed by atoms with Crippen molar-refractivity contribution in [2.24, 2.45) is 5.18 Å². The molecule has 9 heteroatoms. The minimum absolute atomic E-state index is 0.0491. The van der Waals surface area contributed by atoms with Crippen LogP contribution in [0.3, 0.4) is 0 Å². The molecule has 1 aliphatic heterocycles. The van der Waals surface area contributed by atoms with Gasteiger partial charge in [0.05, 0.1) is 6.10 Å². The molecule has 1 aliphatic rings. The van der Waals surface area contributed by atoms with Crippen LogP contribution in [-0.2, 0) is 20.9 Å². The van der Waals surface area contributed by atoms with Crippen molar-refractivity contribution in [1.82, 2.24) is 4.90 Å². The van der Waals surface area contributed by atoms with Crippen LogP contribution in [0.2, 0.25) is 0 Å². The maximum atomic E-state index is 11.9. The van der Waals surface area contributed by atoms with Crippen molar-refractivity contribution in [1.29, 1.82) is 0 Å². The third kappa shape index (κ3) is 4.09. The molecule has 1 fully saturated rings. The van der Waals surface area contributed by atoms with E-state index in [9.17, 15) is 19.6 Å². The van der Waals surface area contributed by atoms with Crippen molar-refractivity contribution in [2.45, 2.75) is 31.2 Å². The lowest BCUT2D eigenvalue weighted by atomic mass is 10.2. The maximum absolute atomic E-state index is 11.9. The fourth-order valence-electron chi connectivity index (χ4n) is 2.34. The predicted octanol–water partition coefficient (Wildman–Crippen LogP) is 0.446. The monoisotopic (exact) mass is 328 g/mol. The van der Waals surface area contributed by atoms with Crippen LogP contribution < -0.4 is 0 Å². The second-order valence-electron chi connectivity index (χ2n) is 5.01. The number of hydrogen-bond acceptors (Lipinski definition) is 8. The van der Waals surface area contributed by atoms with Crippen molar-refractivity contribution in [3.8, 4) is 0 Å². The van der Waals surface area contributed by atoms with Crippen LogP contribution in [0.4, 0.5) is 0 Å². The van der Waals surface area contributed by atoms with E-state index in [1.54, 1.807) is 6.07 Å². The predicted molar refractivity (Wildman–Crippen MR) is 77.3 cm³/mol. The average Bonchev–Trinajstić information content (AvgIpc) is 3.11. The summed E-state index contributed by atoms with van der Waals surface area (Å²) < 4.78 is 5.01. The van der Waals surface area contributed by atoms with E-state index in [2.05, 4.69) is 5.18 Å². The highest BCUT2D eigenvalue weighted by Crippen LogP contribution is 2.19. The van der Waals surface area contributed by atoms with E-state index in [0.29, 0.717) is 0 Å². The molecule has 22 heavy (non-hydrogen) atoms. The quantitative estimate of drug-likeness (QED) is 0.551.